The molecule has 0 amide bonds. The highest BCUT2D eigenvalue weighted by atomic mass is 16.5. The highest BCUT2D eigenvalue weighted by molar-refractivity contribution is 4.90. The summed E-state index contributed by atoms with van der Waals surface area (Å²) in [4.78, 5) is 0. The molecule has 2 nitrogen and oxygen atoms in total. The zero-order valence-electron chi connectivity index (χ0n) is 13.2. The van der Waals surface area contributed by atoms with Gasteiger partial charge in [0.15, 0.2) is 0 Å². The highest BCUT2D eigenvalue weighted by Gasteiger charge is 2.38. The summed E-state index contributed by atoms with van der Waals surface area (Å²) in [5.74, 6) is 2.53. The molecule has 2 aliphatic rings. The minimum Gasteiger partial charge on any atom is -0.370 e. The Morgan fingerprint density at radius 3 is 2.37 bits per heavy atom. The van der Waals surface area contributed by atoms with Gasteiger partial charge in [0.05, 0.1) is 11.7 Å². The maximum atomic E-state index is 6.54. The van der Waals surface area contributed by atoms with Gasteiger partial charge in [0.1, 0.15) is 0 Å². The molecule has 0 bridgehead atoms. The Hall–Kier alpha value is -0.0800. The molecule has 2 atom stereocenters. The second-order valence-corrected chi connectivity index (χ2v) is 7.48. The molecule has 2 heteroatoms. The fourth-order valence-electron chi connectivity index (χ4n) is 4.04. The lowest BCUT2D eigenvalue weighted by molar-refractivity contribution is -0.129. The fraction of sp³-hybridized carbons (Fsp3) is 1.00. The first-order chi connectivity index (χ1) is 9.04. The van der Waals surface area contributed by atoms with Gasteiger partial charge in [0.2, 0.25) is 0 Å². The van der Waals surface area contributed by atoms with Crippen molar-refractivity contribution in [2.24, 2.45) is 23.5 Å². The Bertz CT molecular complexity index is 268. The Labute approximate surface area is 119 Å². The predicted octanol–water partition coefficient (Wildman–Crippen LogP) is 4.13. The normalized spacial score (nSPS) is 40.6. The van der Waals surface area contributed by atoms with E-state index in [4.69, 9.17) is 10.5 Å². The van der Waals surface area contributed by atoms with Crippen LogP contribution in [-0.4, -0.2) is 18.2 Å². The van der Waals surface area contributed by atoms with E-state index in [0.29, 0.717) is 12.6 Å². The highest BCUT2D eigenvalue weighted by Crippen LogP contribution is 2.40. The first-order valence-electron chi connectivity index (χ1n) is 8.42. The SMILES string of the molecule is CC1CCCC(OC2(CN)CCC(C(C)C)CC2)C1. The molecule has 0 aromatic rings. The minimum atomic E-state index is 0.00706. The van der Waals surface area contributed by atoms with Gasteiger partial charge in [-0.15, -0.1) is 0 Å². The molecule has 2 aliphatic carbocycles. The van der Waals surface area contributed by atoms with Crippen molar-refractivity contribution in [3.8, 4) is 0 Å². The molecule has 2 saturated carbocycles. The van der Waals surface area contributed by atoms with Crippen molar-refractivity contribution in [3.63, 3.8) is 0 Å². The molecule has 2 fully saturated rings. The summed E-state index contributed by atoms with van der Waals surface area (Å²) in [5.41, 5.74) is 6.09. The maximum Gasteiger partial charge on any atom is 0.0808 e. The number of rotatable bonds is 4. The van der Waals surface area contributed by atoms with Gasteiger partial charge in [0.25, 0.3) is 0 Å². The standard InChI is InChI=1S/C17H33NO/c1-13(2)15-7-9-17(12-18,10-8-15)19-16-6-4-5-14(3)11-16/h13-16H,4-12,18H2,1-3H3. The van der Waals surface area contributed by atoms with Gasteiger partial charge >= 0.3 is 0 Å². The molecule has 2 N–H and O–H groups in total. The molecule has 0 aromatic carbocycles. The average Bonchev–Trinajstić information content (AvgIpc) is 2.39. The lowest BCUT2D eigenvalue weighted by Gasteiger charge is -2.44. The smallest absolute Gasteiger partial charge is 0.0808 e. The molecule has 0 radical (unpaired) electrons. The van der Waals surface area contributed by atoms with Crippen molar-refractivity contribution in [2.45, 2.75) is 83.8 Å². The largest absolute Gasteiger partial charge is 0.370 e. The molecule has 2 unspecified atom stereocenters. The van der Waals surface area contributed by atoms with Crippen LogP contribution in [0.2, 0.25) is 0 Å². The van der Waals surface area contributed by atoms with E-state index >= 15 is 0 Å². The molecule has 19 heavy (non-hydrogen) atoms. The summed E-state index contributed by atoms with van der Waals surface area (Å²) in [7, 11) is 0. The van der Waals surface area contributed by atoms with Gasteiger partial charge in [-0.1, -0.05) is 33.6 Å². The van der Waals surface area contributed by atoms with Crippen molar-refractivity contribution >= 4 is 0 Å². The Balaban J connectivity index is 1.89. The number of nitrogens with two attached hydrogens (primary N) is 1. The first kappa shape index (κ1) is 15.3. The van der Waals surface area contributed by atoms with Crippen molar-refractivity contribution in [2.75, 3.05) is 6.54 Å². The van der Waals surface area contributed by atoms with E-state index in [0.717, 1.165) is 17.8 Å². The van der Waals surface area contributed by atoms with E-state index in [9.17, 15) is 0 Å². The van der Waals surface area contributed by atoms with Crippen LogP contribution in [0.5, 0.6) is 0 Å². The Morgan fingerprint density at radius 1 is 1.16 bits per heavy atom. The van der Waals surface area contributed by atoms with Gasteiger partial charge in [-0.25, -0.2) is 0 Å². The monoisotopic (exact) mass is 267 g/mol. The van der Waals surface area contributed by atoms with Gasteiger partial charge in [-0.2, -0.15) is 0 Å². The van der Waals surface area contributed by atoms with E-state index < -0.39 is 0 Å². The second kappa shape index (κ2) is 6.58. The summed E-state index contributed by atoms with van der Waals surface area (Å²) >= 11 is 0. The van der Waals surface area contributed by atoms with E-state index in [2.05, 4.69) is 20.8 Å². The third-order valence-corrected chi connectivity index (χ3v) is 5.56. The average molecular weight is 267 g/mol. The van der Waals surface area contributed by atoms with Crippen LogP contribution in [0.1, 0.15) is 72.1 Å². The summed E-state index contributed by atoms with van der Waals surface area (Å²) in [6.45, 7) is 7.77. The van der Waals surface area contributed by atoms with Crippen LogP contribution in [0.3, 0.4) is 0 Å². The van der Waals surface area contributed by atoms with Gasteiger partial charge < -0.3 is 10.5 Å². The molecule has 112 valence electrons. The molecular formula is C17H33NO. The quantitative estimate of drug-likeness (QED) is 0.831. The summed E-state index contributed by atoms with van der Waals surface area (Å²) in [6.07, 6.45) is 10.6. The third-order valence-electron chi connectivity index (χ3n) is 5.56. The van der Waals surface area contributed by atoms with Crippen LogP contribution in [0.4, 0.5) is 0 Å². The molecule has 0 heterocycles. The van der Waals surface area contributed by atoms with Crippen LogP contribution in [0.15, 0.2) is 0 Å². The van der Waals surface area contributed by atoms with E-state index in [1.54, 1.807) is 0 Å². The summed E-state index contributed by atoms with van der Waals surface area (Å²) < 4.78 is 6.54. The molecule has 0 aliphatic heterocycles. The van der Waals surface area contributed by atoms with Crippen LogP contribution in [0.25, 0.3) is 0 Å². The number of ether oxygens (including phenoxy) is 1. The van der Waals surface area contributed by atoms with Crippen LogP contribution >= 0.6 is 0 Å². The third kappa shape index (κ3) is 3.95. The van der Waals surface area contributed by atoms with E-state index in [1.807, 2.05) is 0 Å². The maximum absolute atomic E-state index is 6.54. The van der Waals surface area contributed by atoms with Crippen molar-refractivity contribution < 1.29 is 4.74 Å². The molecule has 0 saturated heterocycles. The molecule has 0 aromatic heterocycles. The summed E-state index contributed by atoms with van der Waals surface area (Å²) in [5, 5.41) is 0. The van der Waals surface area contributed by atoms with E-state index in [-0.39, 0.29) is 5.60 Å². The summed E-state index contributed by atoms with van der Waals surface area (Å²) in [6, 6.07) is 0. The van der Waals surface area contributed by atoms with Gasteiger partial charge in [-0.3, -0.25) is 0 Å². The van der Waals surface area contributed by atoms with Gasteiger partial charge in [0, 0.05) is 6.54 Å². The van der Waals surface area contributed by atoms with Crippen LogP contribution < -0.4 is 5.73 Å². The first-order valence-corrected chi connectivity index (χ1v) is 8.42. The Morgan fingerprint density at radius 2 is 1.84 bits per heavy atom. The number of hydrogen-bond donors (Lipinski definition) is 1. The fourth-order valence-corrected chi connectivity index (χ4v) is 4.04. The lowest BCUT2D eigenvalue weighted by Crippen LogP contribution is -2.47. The van der Waals surface area contributed by atoms with Crippen LogP contribution in [0, 0.1) is 17.8 Å². The van der Waals surface area contributed by atoms with Gasteiger partial charge in [-0.05, 0) is 56.3 Å². The van der Waals surface area contributed by atoms with Crippen LogP contribution in [-0.2, 0) is 4.74 Å². The topological polar surface area (TPSA) is 35.2 Å². The molecule has 2 rings (SSSR count). The van der Waals surface area contributed by atoms with E-state index in [1.165, 1.54) is 51.4 Å². The predicted molar refractivity (Wildman–Crippen MR) is 81.1 cm³/mol. The number of hydrogen-bond acceptors (Lipinski definition) is 2. The molecule has 0 spiro atoms. The minimum absolute atomic E-state index is 0.00706. The van der Waals surface area contributed by atoms with Crippen molar-refractivity contribution in [3.05, 3.63) is 0 Å². The van der Waals surface area contributed by atoms with Crippen molar-refractivity contribution in [1.82, 2.24) is 0 Å². The second-order valence-electron chi connectivity index (χ2n) is 7.48. The molecular weight excluding hydrogens is 234 g/mol. The zero-order valence-corrected chi connectivity index (χ0v) is 13.2. The zero-order chi connectivity index (χ0) is 13.9. The van der Waals surface area contributed by atoms with Crippen molar-refractivity contribution in [1.29, 1.82) is 0 Å². The lowest BCUT2D eigenvalue weighted by atomic mass is 9.74. The Kier molecular flexibility index (Phi) is 5.30.